The first-order chi connectivity index (χ1) is 9.88. The Balaban J connectivity index is 1.66. The third kappa shape index (κ3) is 2.89. The Hall–Kier alpha value is -1.32. The number of furan rings is 1. The van der Waals surface area contributed by atoms with Crippen molar-refractivity contribution in [3.05, 3.63) is 35.6 Å². The minimum Gasteiger partial charge on any atom is -0.459 e. The van der Waals surface area contributed by atoms with E-state index in [2.05, 4.69) is 17.4 Å². The van der Waals surface area contributed by atoms with Gasteiger partial charge in [-0.2, -0.15) is 0 Å². The average molecular weight is 273 g/mol. The van der Waals surface area contributed by atoms with Crippen molar-refractivity contribution in [2.75, 3.05) is 13.7 Å². The second kappa shape index (κ2) is 6.42. The van der Waals surface area contributed by atoms with Crippen molar-refractivity contribution in [1.82, 2.24) is 5.32 Å². The van der Waals surface area contributed by atoms with E-state index in [1.165, 1.54) is 36.6 Å². The molecule has 1 aromatic carbocycles. The van der Waals surface area contributed by atoms with Gasteiger partial charge in [-0.25, -0.2) is 0 Å². The molecule has 1 heterocycles. The molecule has 0 spiro atoms. The molecule has 1 aliphatic rings. The van der Waals surface area contributed by atoms with Crippen LogP contribution in [0.4, 0.5) is 0 Å². The van der Waals surface area contributed by atoms with Crippen molar-refractivity contribution < 1.29 is 9.15 Å². The van der Waals surface area contributed by atoms with Crippen LogP contribution in [0.3, 0.4) is 0 Å². The molecule has 0 amide bonds. The van der Waals surface area contributed by atoms with E-state index >= 15 is 0 Å². The standard InChI is InChI=1S/C17H23NO2/c1-18-11-17-15(12-19-10-9-13-5-4-6-13)14-7-2-3-8-16(14)20-17/h2-3,7-8,13,18H,4-6,9-12H2,1H3. The Bertz CT molecular complexity index is 557. The molecule has 0 atom stereocenters. The predicted octanol–water partition coefficient (Wildman–Crippen LogP) is 3.86. The zero-order chi connectivity index (χ0) is 13.8. The highest BCUT2D eigenvalue weighted by molar-refractivity contribution is 5.82. The Kier molecular flexibility index (Phi) is 4.38. The summed E-state index contributed by atoms with van der Waals surface area (Å²) in [6.07, 6.45) is 5.40. The van der Waals surface area contributed by atoms with E-state index in [1.54, 1.807) is 0 Å². The lowest BCUT2D eigenvalue weighted by Gasteiger charge is -2.24. The molecule has 0 aliphatic heterocycles. The number of hydrogen-bond donors (Lipinski definition) is 1. The topological polar surface area (TPSA) is 34.4 Å². The van der Waals surface area contributed by atoms with Gasteiger partial charge >= 0.3 is 0 Å². The lowest BCUT2D eigenvalue weighted by molar-refractivity contribution is 0.0945. The molecule has 108 valence electrons. The molecular weight excluding hydrogens is 250 g/mol. The van der Waals surface area contributed by atoms with E-state index in [0.29, 0.717) is 6.61 Å². The molecule has 1 aromatic heterocycles. The van der Waals surface area contributed by atoms with Gasteiger partial charge in [0.25, 0.3) is 0 Å². The van der Waals surface area contributed by atoms with Crippen LogP contribution in [0.5, 0.6) is 0 Å². The third-order valence-corrected chi connectivity index (χ3v) is 4.26. The molecule has 0 unspecified atom stereocenters. The van der Waals surface area contributed by atoms with Crippen molar-refractivity contribution in [2.24, 2.45) is 5.92 Å². The molecular formula is C17H23NO2. The van der Waals surface area contributed by atoms with Gasteiger partial charge in [0.05, 0.1) is 13.2 Å². The molecule has 2 aromatic rings. The first kappa shape index (κ1) is 13.7. The van der Waals surface area contributed by atoms with Crippen LogP contribution in [0.2, 0.25) is 0 Å². The summed E-state index contributed by atoms with van der Waals surface area (Å²) in [5.41, 5.74) is 2.15. The highest BCUT2D eigenvalue weighted by atomic mass is 16.5. The van der Waals surface area contributed by atoms with Gasteiger partial charge in [-0.1, -0.05) is 37.5 Å². The minimum atomic E-state index is 0.654. The monoisotopic (exact) mass is 273 g/mol. The molecule has 20 heavy (non-hydrogen) atoms. The summed E-state index contributed by atoms with van der Waals surface area (Å²) < 4.78 is 11.8. The number of hydrogen-bond acceptors (Lipinski definition) is 3. The highest BCUT2D eigenvalue weighted by Gasteiger charge is 2.17. The lowest BCUT2D eigenvalue weighted by atomic mass is 9.83. The number of fused-ring (bicyclic) bond motifs is 1. The fraction of sp³-hybridized carbons (Fsp3) is 0.529. The third-order valence-electron chi connectivity index (χ3n) is 4.26. The Morgan fingerprint density at radius 2 is 2.15 bits per heavy atom. The van der Waals surface area contributed by atoms with Crippen LogP contribution in [0.1, 0.15) is 37.0 Å². The zero-order valence-electron chi connectivity index (χ0n) is 12.2. The molecule has 1 N–H and O–H groups in total. The van der Waals surface area contributed by atoms with Crippen molar-refractivity contribution >= 4 is 11.0 Å². The van der Waals surface area contributed by atoms with Gasteiger partial charge in [-0.05, 0) is 25.5 Å². The zero-order valence-corrected chi connectivity index (χ0v) is 12.2. The first-order valence-corrected chi connectivity index (χ1v) is 7.60. The van der Waals surface area contributed by atoms with Crippen molar-refractivity contribution in [3.8, 4) is 0 Å². The summed E-state index contributed by atoms with van der Waals surface area (Å²) in [5.74, 6) is 1.91. The summed E-state index contributed by atoms with van der Waals surface area (Å²) in [5, 5.41) is 4.34. The summed E-state index contributed by atoms with van der Waals surface area (Å²) in [6.45, 7) is 2.26. The van der Waals surface area contributed by atoms with Gasteiger partial charge < -0.3 is 14.5 Å². The summed E-state index contributed by atoms with van der Waals surface area (Å²) in [7, 11) is 1.94. The van der Waals surface area contributed by atoms with Crippen LogP contribution < -0.4 is 5.32 Å². The maximum absolute atomic E-state index is 5.91. The van der Waals surface area contributed by atoms with E-state index in [9.17, 15) is 0 Å². The quantitative estimate of drug-likeness (QED) is 0.778. The highest BCUT2D eigenvalue weighted by Crippen LogP contribution is 2.30. The molecule has 3 rings (SSSR count). The van der Waals surface area contributed by atoms with Gasteiger partial charge in [0, 0.05) is 17.6 Å². The molecule has 1 fully saturated rings. The Labute approximate surface area is 120 Å². The van der Waals surface area contributed by atoms with Crippen LogP contribution in [0.25, 0.3) is 11.0 Å². The number of benzene rings is 1. The van der Waals surface area contributed by atoms with Crippen LogP contribution >= 0.6 is 0 Å². The van der Waals surface area contributed by atoms with Gasteiger partial charge in [0.2, 0.25) is 0 Å². The molecule has 3 heteroatoms. The Morgan fingerprint density at radius 3 is 2.90 bits per heavy atom. The van der Waals surface area contributed by atoms with E-state index in [0.717, 1.165) is 30.4 Å². The second-order valence-corrected chi connectivity index (χ2v) is 5.67. The fourth-order valence-electron chi connectivity index (χ4n) is 2.82. The first-order valence-electron chi connectivity index (χ1n) is 7.60. The van der Waals surface area contributed by atoms with Crippen LogP contribution in [-0.4, -0.2) is 13.7 Å². The molecule has 0 saturated heterocycles. The van der Waals surface area contributed by atoms with Gasteiger partial charge in [-0.15, -0.1) is 0 Å². The number of nitrogens with one attached hydrogen (secondary N) is 1. The van der Waals surface area contributed by atoms with Crippen LogP contribution in [0.15, 0.2) is 28.7 Å². The fourth-order valence-corrected chi connectivity index (χ4v) is 2.82. The molecule has 1 saturated carbocycles. The molecule has 1 aliphatic carbocycles. The Morgan fingerprint density at radius 1 is 1.30 bits per heavy atom. The van der Waals surface area contributed by atoms with Crippen molar-refractivity contribution in [2.45, 2.75) is 38.8 Å². The second-order valence-electron chi connectivity index (χ2n) is 5.67. The number of ether oxygens (including phenoxy) is 1. The van der Waals surface area contributed by atoms with E-state index in [-0.39, 0.29) is 0 Å². The normalized spacial score (nSPS) is 15.7. The maximum Gasteiger partial charge on any atom is 0.134 e. The van der Waals surface area contributed by atoms with E-state index in [1.807, 2.05) is 19.2 Å². The van der Waals surface area contributed by atoms with Gasteiger partial charge in [0.15, 0.2) is 0 Å². The largest absolute Gasteiger partial charge is 0.459 e. The minimum absolute atomic E-state index is 0.654. The summed E-state index contributed by atoms with van der Waals surface area (Å²) in [6, 6.07) is 8.20. The predicted molar refractivity (Wildman–Crippen MR) is 80.6 cm³/mol. The van der Waals surface area contributed by atoms with Gasteiger partial charge in [-0.3, -0.25) is 0 Å². The van der Waals surface area contributed by atoms with Crippen LogP contribution in [-0.2, 0) is 17.9 Å². The van der Waals surface area contributed by atoms with E-state index < -0.39 is 0 Å². The molecule has 3 nitrogen and oxygen atoms in total. The summed E-state index contributed by atoms with van der Waals surface area (Å²) >= 11 is 0. The molecule has 0 bridgehead atoms. The number of para-hydroxylation sites is 1. The van der Waals surface area contributed by atoms with Gasteiger partial charge in [0.1, 0.15) is 11.3 Å². The maximum atomic E-state index is 5.91. The SMILES string of the molecule is CNCc1oc2ccccc2c1COCCC1CCC1. The summed E-state index contributed by atoms with van der Waals surface area (Å²) in [4.78, 5) is 0. The number of rotatable bonds is 7. The van der Waals surface area contributed by atoms with E-state index in [4.69, 9.17) is 9.15 Å². The van der Waals surface area contributed by atoms with Crippen LogP contribution in [0, 0.1) is 5.92 Å². The lowest BCUT2D eigenvalue weighted by Crippen LogP contribution is -2.13. The smallest absolute Gasteiger partial charge is 0.134 e. The average Bonchev–Trinajstić information content (AvgIpc) is 2.75. The molecule has 0 radical (unpaired) electrons. The van der Waals surface area contributed by atoms with Crippen molar-refractivity contribution in [1.29, 1.82) is 0 Å². The van der Waals surface area contributed by atoms with Crippen molar-refractivity contribution in [3.63, 3.8) is 0 Å².